The first-order valence-corrected chi connectivity index (χ1v) is 11.9. The molecule has 0 atom stereocenters. The van der Waals surface area contributed by atoms with Crippen LogP contribution in [-0.4, -0.2) is 41.2 Å². The third kappa shape index (κ3) is 4.98. The number of carbonyl (C=O) groups is 1. The van der Waals surface area contributed by atoms with Crippen LogP contribution in [0.2, 0.25) is 0 Å². The molecule has 7 nitrogen and oxygen atoms in total. The smallest absolute Gasteiger partial charge is 0.243 e. The molecule has 8 heteroatoms. The van der Waals surface area contributed by atoms with Gasteiger partial charge in [0.25, 0.3) is 0 Å². The normalized spacial score (nSPS) is 12.7. The SMILES string of the molecule is Cc1ccc2c(=O)c(CN(C)S(=O)(=O)c3ccccc3)c(C=CC(=O)C(C)(C)O)[nH]c2c1C. The van der Waals surface area contributed by atoms with Crippen molar-refractivity contribution < 1.29 is 18.3 Å². The fraction of sp³-hybridized carbons (Fsp3) is 0.280. The number of nitrogens with zero attached hydrogens (tertiary/aromatic N) is 1. The van der Waals surface area contributed by atoms with Crippen LogP contribution >= 0.6 is 0 Å². The highest BCUT2D eigenvalue weighted by Gasteiger charge is 2.24. The van der Waals surface area contributed by atoms with E-state index >= 15 is 0 Å². The Bertz CT molecular complexity index is 1400. The number of H-pyrrole nitrogens is 1. The number of aryl methyl sites for hydroxylation is 2. The molecule has 0 radical (unpaired) electrons. The third-order valence-corrected chi connectivity index (χ3v) is 7.49. The lowest BCUT2D eigenvalue weighted by Crippen LogP contribution is -2.30. The summed E-state index contributed by atoms with van der Waals surface area (Å²) < 4.78 is 27.2. The molecule has 0 aliphatic heterocycles. The van der Waals surface area contributed by atoms with Crippen LogP contribution < -0.4 is 5.43 Å². The fourth-order valence-electron chi connectivity index (χ4n) is 3.40. The van der Waals surface area contributed by atoms with Crippen LogP contribution in [0.25, 0.3) is 17.0 Å². The molecular formula is C25H28N2O5S. The summed E-state index contributed by atoms with van der Waals surface area (Å²) in [6.45, 7) is 6.35. The molecule has 0 aliphatic rings. The van der Waals surface area contributed by atoms with E-state index in [1.807, 2.05) is 19.9 Å². The minimum Gasteiger partial charge on any atom is -0.382 e. The topological polar surface area (TPSA) is 108 Å². The molecule has 174 valence electrons. The van der Waals surface area contributed by atoms with E-state index < -0.39 is 21.4 Å². The molecule has 3 aromatic rings. The summed E-state index contributed by atoms with van der Waals surface area (Å²) in [4.78, 5) is 29.0. The summed E-state index contributed by atoms with van der Waals surface area (Å²) in [5.74, 6) is -0.541. The van der Waals surface area contributed by atoms with Crippen LogP contribution in [-0.2, 0) is 21.4 Å². The molecule has 0 aliphatic carbocycles. The van der Waals surface area contributed by atoms with Gasteiger partial charge in [-0.2, -0.15) is 4.31 Å². The fourth-order valence-corrected chi connectivity index (χ4v) is 4.56. The van der Waals surface area contributed by atoms with Gasteiger partial charge in [0.1, 0.15) is 5.60 Å². The van der Waals surface area contributed by atoms with Gasteiger partial charge in [0.2, 0.25) is 10.0 Å². The number of rotatable bonds is 7. The summed E-state index contributed by atoms with van der Waals surface area (Å²) in [7, 11) is -2.44. The number of aromatic nitrogens is 1. The molecule has 0 amide bonds. The quantitative estimate of drug-likeness (QED) is 0.517. The summed E-state index contributed by atoms with van der Waals surface area (Å²) in [5.41, 5.74) is 1.10. The minimum atomic E-state index is -3.84. The summed E-state index contributed by atoms with van der Waals surface area (Å²) in [5, 5.41) is 10.4. The van der Waals surface area contributed by atoms with Gasteiger partial charge in [0.05, 0.1) is 10.4 Å². The number of aromatic amines is 1. The molecule has 0 saturated heterocycles. The third-order valence-electron chi connectivity index (χ3n) is 5.68. The number of aliphatic hydroxyl groups is 1. The monoisotopic (exact) mass is 468 g/mol. The van der Waals surface area contributed by atoms with E-state index in [0.29, 0.717) is 16.6 Å². The number of benzene rings is 2. The first-order valence-electron chi connectivity index (χ1n) is 10.5. The molecule has 0 bridgehead atoms. The Morgan fingerprint density at radius 1 is 1.12 bits per heavy atom. The molecule has 1 aromatic heterocycles. The zero-order valence-electron chi connectivity index (χ0n) is 19.3. The van der Waals surface area contributed by atoms with Crippen LogP contribution in [0.1, 0.15) is 36.2 Å². The number of fused-ring (bicyclic) bond motifs is 1. The van der Waals surface area contributed by atoms with Gasteiger partial charge in [-0.3, -0.25) is 9.59 Å². The maximum absolute atomic E-state index is 13.4. The first-order chi connectivity index (χ1) is 15.3. The molecule has 1 heterocycles. The van der Waals surface area contributed by atoms with E-state index in [4.69, 9.17) is 0 Å². The highest BCUT2D eigenvalue weighted by molar-refractivity contribution is 7.89. The number of nitrogens with one attached hydrogen (secondary N) is 1. The average Bonchev–Trinajstić information content (AvgIpc) is 2.76. The predicted octanol–water partition coefficient (Wildman–Crippen LogP) is 3.32. The van der Waals surface area contributed by atoms with Gasteiger partial charge in [-0.1, -0.05) is 24.3 Å². The maximum atomic E-state index is 13.4. The highest BCUT2D eigenvalue weighted by atomic mass is 32.2. The Labute approximate surface area is 193 Å². The first kappa shape index (κ1) is 24.6. The number of hydrogen-bond donors (Lipinski definition) is 2. The highest BCUT2D eigenvalue weighted by Crippen LogP contribution is 2.22. The van der Waals surface area contributed by atoms with Crippen LogP contribution in [0.15, 0.2) is 58.2 Å². The lowest BCUT2D eigenvalue weighted by molar-refractivity contribution is -0.128. The van der Waals surface area contributed by atoms with E-state index in [1.54, 1.807) is 24.3 Å². The predicted molar refractivity (Wildman–Crippen MR) is 129 cm³/mol. The molecule has 0 spiro atoms. The van der Waals surface area contributed by atoms with E-state index in [0.717, 1.165) is 15.4 Å². The number of sulfonamides is 1. The van der Waals surface area contributed by atoms with Crippen molar-refractivity contribution in [1.82, 2.24) is 9.29 Å². The molecule has 0 saturated carbocycles. The van der Waals surface area contributed by atoms with Crippen molar-refractivity contribution in [3.8, 4) is 0 Å². The van der Waals surface area contributed by atoms with Crippen molar-refractivity contribution in [3.63, 3.8) is 0 Å². The summed E-state index contributed by atoms with van der Waals surface area (Å²) in [6.07, 6.45) is 2.61. The Hall–Kier alpha value is -3.07. The molecular weight excluding hydrogens is 440 g/mol. The lowest BCUT2D eigenvalue weighted by Gasteiger charge is -2.19. The van der Waals surface area contributed by atoms with E-state index in [9.17, 15) is 23.1 Å². The average molecular weight is 469 g/mol. The van der Waals surface area contributed by atoms with Crippen LogP contribution in [0.3, 0.4) is 0 Å². The van der Waals surface area contributed by atoms with Gasteiger partial charge in [-0.15, -0.1) is 0 Å². The lowest BCUT2D eigenvalue weighted by atomic mass is 10.0. The Balaban J connectivity index is 2.17. The summed E-state index contributed by atoms with van der Waals surface area (Å²) >= 11 is 0. The van der Waals surface area contributed by atoms with Crippen molar-refractivity contribution in [1.29, 1.82) is 0 Å². The van der Waals surface area contributed by atoms with E-state index in [-0.39, 0.29) is 22.4 Å². The van der Waals surface area contributed by atoms with Crippen molar-refractivity contribution in [3.05, 3.63) is 81.1 Å². The Morgan fingerprint density at radius 2 is 1.76 bits per heavy atom. The van der Waals surface area contributed by atoms with E-state index in [2.05, 4.69) is 4.98 Å². The minimum absolute atomic E-state index is 0.116. The van der Waals surface area contributed by atoms with Crippen molar-refractivity contribution in [2.45, 2.75) is 44.7 Å². The zero-order chi connectivity index (χ0) is 24.6. The number of pyridine rings is 1. The molecule has 0 unspecified atom stereocenters. The number of ketones is 1. The second kappa shape index (κ2) is 9.05. The number of carbonyl (C=O) groups excluding carboxylic acids is 1. The molecule has 33 heavy (non-hydrogen) atoms. The van der Waals surface area contributed by atoms with Gasteiger partial charge < -0.3 is 10.1 Å². The van der Waals surface area contributed by atoms with Crippen LogP contribution in [0.5, 0.6) is 0 Å². The van der Waals surface area contributed by atoms with Gasteiger partial charge in [0.15, 0.2) is 11.2 Å². The Morgan fingerprint density at radius 3 is 2.36 bits per heavy atom. The molecule has 2 N–H and O–H groups in total. The van der Waals surface area contributed by atoms with Gasteiger partial charge >= 0.3 is 0 Å². The van der Waals surface area contributed by atoms with Crippen LogP contribution in [0.4, 0.5) is 0 Å². The summed E-state index contributed by atoms with van der Waals surface area (Å²) in [6, 6.07) is 11.5. The van der Waals surface area contributed by atoms with Crippen LogP contribution in [0, 0.1) is 13.8 Å². The van der Waals surface area contributed by atoms with Gasteiger partial charge in [-0.25, -0.2) is 8.42 Å². The van der Waals surface area contributed by atoms with E-state index in [1.165, 1.54) is 45.2 Å². The zero-order valence-corrected chi connectivity index (χ0v) is 20.2. The largest absolute Gasteiger partial charge is 0.382 e. The number of hydrogen-bond acceptors (Lipinski definition) is 5. The second-order valence-electron chi connectivity index (χ2n) is 8.61. The van der Waals surface area contributed by atoms with Gasteiger partial charge in [0, 0.05) is 30.2 Å². The standard InChI is InChI=1S/C25H28N2O5S/c1-16-11-12-19-23(17(16)2)26-21(13-14-22(28)25(3,4)30)20(24(19)29)15-27(5)33(31,32)18-9-7-6-8-10-18/h6-14,30H,15H2,1-5H3,(H,26,29). The molecule has 3 rings (SSSR count). The van der Waals surface area contributed by atoms with Crippen molar-refractivity contribution in [2.24, 2.45) is 0 Å². The maximum Gasteiger partial charge on any atom is 0.243 e. The Kier molecular flexibility index (Phi) is 6.74. The van der Waals surface area contributed by atoms with Crippen molar-refractivity contribution in [2.75, 3.05) is 7.05 Å². The van der Waals surface area contributed by atoms with Crippen molar-refractivity contribution >= 4 is 32.8 Å². The van der Waals surface area contributed by atoms with Gasteiger partial charge in [-0.05, 0) is 69.2 Å². The molecule has 0 fully saturated rings. The second-order valence-corrected chi connectivity index (χ2v) is 10.7. The molecule has 2 aromatic carbocycles.